The lowest BCUT2D eigenvalue weighted by molar-refractivity contribution is 0.102. The van der Waals surface area contributed by atoms with Gasteiger partial charge in [-0.3, -0.25) is 4.79 Å². The second kappa shape index (κ2) is 6.91. The van der Waals surface area contributed by atoms with E-state index in [9.17, 15) is 4.79 Å². The third-order valence-electron chi connectivity index (χ3n) is 3.76. The molecular weight excluding hydrogens is 310 g/mol. The van der Waals surface area contributed by atoms with Crippen molar-refractivity contribution in [3.63, 3.8) is 0 Å². The largest absolute Gasteiger partial charge is 0.349 e. The molecule has 6 heteroatoms. The van der Waals surface area contributed by atoms with E-state index in [1.165, 1.54) is 11.8 Å². The molecule has 0 saturated carbocycles. The summed E-state index contributed by atoms with van der Waals surface area (Å²) in [5.74, 6) is 2.44. The minimum atomic E-state index is -0.149. The lowest BCUT2D eigenvalue weighted by Crippen LogP contribution is -2.11. The monoisotopic (exact) mass is 335 g/mol. The molecule has 0 amide bonds. The van der Waals surface area contributed by atoms with Crippen molar-refractivity contribution in [3.05, 3.63) is 34.7 Å². The summed E-state index contributed by atoms with van der Waals surface area (Å²) in [4.78, 5) is 16.8. The highest BCUT2D eigenvalue weighted by atomic mass is 32.2. The van der Waals surface area contributed by atoms with Crippen molar-refractivity contribution >= 4 is 17.5 Å². The number of aromatic nitrogens is 3. The fourth-order valence-corrected chi connectivity index (χ4v) is 3.24. The van der Waals surface area contributed by atoms with Crippen LogP contribution in [-0.2, 0) is 17.7 Å². The summed E-state index contributed by atoms with van der Waals surface area (Å²) in [6.07, 6.45) is 0. The molecule has 0 saturated heterocycles. The van der Waals surface area contributed by atoms with Crippen molar-refractivity contribution in [2.75, 3.05) is 5.75 Å². The Morgan fingerprint density at radius 1 is 1.35 bits per heavy atom. The second-order valence-corrected chi connectivity index (χ2v) is 7.70. The van der Waals surface area contributed by atoms with Gasteiger partial charge in [0.15, 0.2) is 11.6 Å². The van der Waals surface area contributed by atoms with Gasteiger partial charge in [-0.25, -0.2) is 0 Å². The van der Waals surface area contributed by atoms with Crippen LogP contribution in [0.4, 0.5) is 0 Å². The summed E-state index contributed by atoms with van der Waals surface area (Å²) in [6, 6.07) is 1.98. The maximum atomic E-state index is 12.4. The highest BCUT2D eigenvalue weighted by Gasteiger charge is 2.22. The van der Waals surface area contributed by atoms with E-state index in [4.69, 9.17) is 4.52 Å². The van der Waals surface area contributed by atoms with Crippen LogP contribution in [0.15, 0.2) is 10.6 Å². The quantitative estimate of drug-likeness (QED) is 0.749. The Labute approximate surface area is 141 Å². The second-order valence-electron chi connectivity index (χ2n) is 6.71. The zero-order valence-electron chi connectivity index (χ0n) is 14.8. The number of nitrogens with zero attached hydrogens (tertiary/aromatic N) is 3. The summed E-state index contributed by atoms with van der Waals surface area (Å²) < 4.78 is 7.42. The number of aryl methyl sites for hydroxylation is 1. The van der Waals surface area contributed by atoms with Gasteiger partial charge in [-0.05, 0) is 26.8 Å². The number of hydrogen-bond acceptors (Lipinski definition) is 5. The Morgan fingerprint density at radius 3 is 2.57 bits per heavy atom. The molecular formula is C17H25N3O2S. The van der Waals surface area contributed by atoms with Gasteiger partial charge in [0.1, 0.15) is 0 Å². The van der Waals surface area contributed by atoms with Crippen LogP contribution in [0.3, 0.4) is 0 Å². The maximum Gasteiger partial charge on any atom is 0.232 e. The van der Waals surface area contributed by atoms with E-state index in [2.05, 4.69) is 21.6 Å². The standard InChI is InChI=1S/C17H25N3O2S/c1-7-20-11(2)8-13(12(20)3)14(21)9-23-10-15-18-16(22-19-15)17(4,5)6/h8H,7,9-10H2,1-6H3. The first-order valence-corrected chi connectivity index (χ1v) is 9.00. The molecule has 2 aromatic heterocycles. The fourth-order valence-electron chi connectivity index (χ4n) is 2.50. The van der Waals surface area contributed by atoms with Crippen molar-refractivity contribution in [2.24, 2.45) is 0 Å². The molecule has 23 heavy (non-hydrogen) atoms. The number of carbonyl (C=O) groups excluding carboxylic acids is 1. The molecule has 2 rings (SSSR count). The first-order valence-electron chi connectivity index (χ1n) is 7.84. The molecule has 0 aliphatic carbocycles. The number of hydrogen-bond donors (Lipinski definition) is 0. The SMILES string of the molecule is CCn1c(C)cc(C(=O)CSCc2noc(C(C)(C)C)n2)c1C. The predicted molar refractivity (Wildman–Crippen MR) is 93.1 cm³/mol. The molecule has 0 aliphatic heterocycles. The lowest BCUT2D eigenvalue weighted by Gasteiger charge is -2.10. The van der Waals surface area contributed by atoms with Gasteiger partial charge in [-0.2, -0.15) is 4.98 Å². The van der Waals surface area contributed by atoms with Crippen LogP contribution in [0, 0.1) is 13.8 Å². The highest BCUT2D eigenvalue weighted by Crippen LogP contribution is 2.22. The van der Waals surface area contributed by atoms with Gasteiger partial charge >= 0.3 is 0 Å². The van der Waals surface area contributed by atoms with Gasteiger partial charge < -0.3 is 9.09 Å². The van der Waals surface area contributed by atoms with E-state index in [0.29, 0.717) is 23.2 Å². The highest BCUT2D eigenvalue weighted by molar-refractivity contribution is 7.99. The number of ketones is 1. The third-order valence-corrected chi connectivity index (χ3v) is 4.69. The number of thioether (sulfide) groups is 1. The number of rotatable bonds is 6. The van der Waals surface area contributed by atoms with Crippen LogP contribution < -0.4 is 0 Å². The van der Waals surface area contributed by atoms with Gasteiger partial charge in [-0.15, -0.1) is 11.8 Å². The predicted octanol–water partition coefficient (Wildman–Crippen LogP) is 3.92. The topological polar surface area (TPSA) is 60.9 Å². The number of carbonyl (C=O) groups is 1. The molecule has 0 aromatic carbocycles. The minimum Gasteiger partial charge on any atom is -0.349 e. The van der Waals surface area contributed by atoms with Crippen LogP contribution in [0.1, 0.15) is 61.2 Å². The van der Waals surface area contributed by atoms with Crippen molar-refractivity contribution in [3.8, 4) is 0 Å². The first-order chi connectivity index (χ1) is 10.7. The van der Waals surface area contributed by atoms with Crippen molar-refractivity contribution < 1.29 is 9.32 Å². The normalized spacial score (nSPS) is 11.9. The smallest absolute Gasteiger partial charge is 0.232 e. The van der Waals surface area contributed by atoms with Gasteiger partial charge in [0, 0.05) is 28.9 Å². The Hall–Kier alpha value is -1.56. The van der Waals surface area contributed by atoms with E-state index in [-0.39, 0.29) is 11.2 Å². The molecule has 0 atom stereocenters. The van der Waals surface area contributed by atoms with Crippen LogP contribution in [0.5, 0.6) is 0 Å². The molecule has 5 nitrogen and oxygen atoms in total. The minimum absolute atomic E-state index is 0.149. The Morgan fingerprint density at radius 2 is 2.04 bits per heavy atom. The molecule has 0 spiro atoms. The van der Waals surface area contributed by atoms with E-state index in [0.717, 1.165) is 23.5 Å². The summed E-state index contributed by atoms with van der Waals surface area (Å²) >= 11 is 1.52. The molecule has 2 aromatic rings. The van der Waals surface area contributed by atoms with Crippen molar-refractivity contribution in [1.29, 1.82) is 0 Å². The lowest BCUT2D eigenvalue weighted by atomic mass is 9.97. The summed E-state index contributed by atoms with van der Waals surface area (Å²) in [7, 11) is 0. The summed E-state index contributed by atoms with van der Waals surface area (Å²) in [6.45, 7) is 13.1. The van der Waals surface area contributed by atoms with E-state index in [1.807, 2.05) is 40.7 Å². The van der Waals surface area contributed by atoms with Gasteiger partial charge in [0.25, 0.3) is 0 Å². The Bertz CT molecular complexity index is 695. The average Bonchev–Trinajstić information content (AvgIpc) is 3.03. The molecule has 0 N–H and O–H groups in total. The fraction of sp³-hybridized carbons (Fsp3) is 0.588. The van der Waals surface area contributed by atoms with E-state index in [1.54, 1.807) is 0 Å². The van der Waals surface area contributed by atoms with Crippen molar-refractivity contribution in [2.45, 2.75) is 59.3 Å². The molecule has 0 aliphatic rings. The van der Waals surface area contributed by atoms with E-state index < -0.39 is 0 Å². The van der Waals surface area contributed by atoms with Crippen LogP contribution >= 0.6 is 11.8 Å². The van der Waals surface area contributed by atoms with Gasteiger partial charge in [0.05, 0.1) is 11.5 Å². The molecule has 0 unspecified atom stereocenters. The molecule has 0 radical (unpaired) electrons. The molecule has 2 heterocycles. The maximum absolute atomic E-state index is 12.4. The van der Waals surface area contributed by atoms with Crippen molar-refractivity contribution in [1.82, 2.24) is 14.7 Å². The molecule has 0 bridgehead atoms. The van der Waals surface area contributed by atoms with Gasteiger partial charge in [0.2, 0.25) is 5.89 Å². The summed E-state index contributed by atoms with van der Waals surface area (Å²) in [5, 5.41) is 3.98. The summed E-state index contributed by atoms with van der Waals surface area (Å²) in [5.41, 5.74) is 2.85. The Kier molecular flexibility index (Phi) is 5.34. The molecule has 0 fully saturated rings. The zero-order valence-corrected chi connectivity index (χ0v) is 15.6. The van der Waals surface area contributed by atoms with Crippen LogP contribution in [0.25, 0.3) is 0 Å². The zero-order chi connectivity index (χ0) is 17.2. The van der Waals surface area contributed by atoms with Gasteiger partial charge in [-0.1, -0.05) is 25.9 Å². The third kappa shape index (κ3) is 4.05. The van der Waals surface area contributed by atoms with E-state index >= 15 is 0 Å². The van der Waals surface area contributed by atoms with Crippen LogP contribution in [0.2, 0.25) is 0 Å². The first kappa shape index (κ1) is 17.8. The Balaban J connectivity index is 1.94. The molecule has 126 valence electrons. The average molecular weight is 335 g/mol. The number of Topliss-reactive ketones (excluding diaryl/α,β-unsaturated/α-hetero) is 1. The van der Waals surface area contributed by atoms with Crippen LogP contribution in [-0.4, -0.2) is 26.2 Å².